The molecule has 0 radical (unpaired) electrons. The first-order valence-electron chi connectivity index (χ1n) is 8.39. The lowest BCUT2D eigenvalue weighted by molar-refractivity contribution is 0.0945. The van der Waals surface area contributed by atoms with E-state index in [9.17, 15) is 13.2 Å². The molecule has 1 amide bonds. The van der Waals surface area contributed by atoms with Gasteiger partial charge in [-0.05, 0) is 35.9 Å². The molecular formula is C19H19ClN4O3S. The summed E-state index contributed by atoms with van der Waals surface area (Å²) in [5, 5.41) is 7.56. The Kier molecular flexibility index (Phi) is 5.83. The number of rotatable bonds is 6. The summed E-state index contributed by atoms with van der Waals surface area (Å²) in [6, 6.07) is 15.2. The third kappa shape index (κ3) is 4.24. The van der Waals surface area contributed by atoms with E-state index in [4.69, 9.17) is 11.6 Å². The third-order valence-corrected chi connectivity index (χ3v) is 6.22. The molecule has 1 N–H and O–H groups in total. The highest BCUT2D eigenvalue weighted by molar-refractivity contribution is 7.89. The Morgan fingerprint density at radius 3 is 2.43 bits per heavy atom. The number of halogens is 1. The lowest BCUT2D eigenvalue weighted by Gasteiger charge is -2.11. The standard InChI is InChI=1S/C19H19ClN4O3S/c1-23(2)28(26,27)15-9-7-14(8-10-15)13-21-19(25)17-11-12-24(22-17)18-6-4-3-5-16(18)20/h3-12H,13H2,1-2H3,(H,21,25). The van der Waals surface area contributed by atoms with Crippen molar-refractivity contribution in [2.45, 2.75) is 11.4 Å². The largest absolute Gasteiger partial charge is 0.347 e. The summed E-state index contributed by atoms with van der Waals surface area (Å²) in [4.78, 5) is 12.5. The molecule has 7 nitrogen and oxygen atoms in total. The molecule has 9 heteroatoms. The molecule has 0 aliphatic rings. The Morgan fingerprint density at radius 2 is 1.79 bits per heavy atom. The van der Waals surface area contributed by atoms with Crippen molar-refractivity contribution in [3.05, 3.63) is 77.1 Å². The van der Waals surface area contributed by atoms with Crippen LogP contribution in [0.25, 0.3) is 5.69 Å². The van der Waals surface area contributed by atoms with Crippen LogP contribution in [0.15, 0.2) is 65.7 Å². The van der Waals surface area contributed by atoms with Gasteiger partial charge in [-0.2, -0.15) is 5.10 Å². The predicted octanol–water partition coefficient (Wildman–Crippen LogP) is 2.71. The highest BCUT2D eigenvalue weighted by atomic mass is 35.5. The zero-order valence-electron chi connectivity index (χ0n) is 15.3. The van der Waals surface area contributed by atoms with E-state index in [2.05, 4.69) is 10.4 Å². The maximum atomic E-state index is 12.3. The van der Waals surface area contributed by atoms with Crippen molar-refractivity contribution >= 4 is 27.5 Å². The van der Waals surface area contributed by atoms with Gasteiger partial charge in [-0.15, -0.1) is 0 Å². The molecule has 0 aliphatic carbocycles. The average molecular weight is 419 g/mol. The normalized spacial score (nSPS) is 11.6. The molecule has 0 atom stereocenters. The molecular weight excluding hydrogens is 400 g/mol. The van der Waals surface area contributed by atoms with Crippen LogP contribution in [-0.4, -0.2) is 42.5 Å². The van der Waals surface area contributed by atoms with Gasteiger partial charge in [-0.1, -0.05) is 35.9 Å². The first kappa shape index (κ1) is 20.1. The van der Waals surface area contributed by atoms with Crippen LogP contribution in [-0.2, 0) is 16.6 Å². The van der Waals surface area contributed by atoms with Crippen LogP contribution in [0.5, 0.6) is 0 Å². The molecule has 0 saturated heterocycles. The highest BCUT2D eigenvalue weighted by Gasteiger charge is 2.17. The number of nitrogens with one attached hydrogen (secondary N) is 1. The van der Waals surface area contributed by atoms with Gasteiger partial charge in [0.2, 0.25) is 10.0 Å². The summed E-state index contributed by atoms with van der Waals surface area (Å²) in [5.41, 5.74) is 1.71. The van der Waals surface area contributed by atoms with Crippen LogP contribution in [0.3, 0.4) is 0 Å². The summed E-state index contributed by atoms with van der Waals surface area (Å²) in [5.74, 6) is -0.337. The number of sulfonamides is 1. The Bertz CT molecular complexity index is 1090. The van der Waals surface area contributed by atoms with Gasteiger partial charge in [-0.3, -0.25) is 4.79 Å². The maximum absolute atomic E-state index is 12.3. The van der Waals surface area contributed by atoms with E-state index in [1.54, 1.807) is 36.5 Å². The summed E-state index contributed by atoms with van der Waals surface area (Å²) >= 11 is 6.15. The fourth-order valence-electron chi connectivity index (χ4n) is 2.48. The molecule has 2 aromatic carbocycles. The number of aromatic nitrogens is 2. The Hall–Kier alpha value is -2.68. The topological polar surface area (TPSA) is 84.3 Å². The Morgan fingerprint density at radius 1 is 1.11 bits per heavy atom. The molecule has 0 saturated carbocycles. The fraction of sp³-hybridized carbons (Fsp3) is 0.158. The van der Waals surface area contributed by atoms with Crippen LogP contribution in [0.2, 0.25) is 5.02 Å². The van der Waals surface area contributed by atoms with Crippen molar-refractivity contribution in [3.8, 4) is 5.69 Å². The predicted molar refractivity (Wildman–Crippen MR) is 107 cm³/mol. The number of benzene rings is 2. The summed E-state index contributed by atoms with van der Waals surface area (Å²) in [6.45, 7) is 0.250. The maximum Gasteiger partial charge on any atom is 0.272 e. The molecule has 0 bridgehead atoms. The minimum Gasteiger partial charge on any atom is -0.347 e. The van der Waals surface area contributed by atoms with Gasteiger partial charge >= 0.3 is 0 Å². The van der Waals surface area contributed by atoms with Gasteiger partial charge in [0.05, 0.1) is 15.6 Å². The van der Waals surface area contributed by atoms with Crippen molar-refractivity contribution in [1.29, 1.82) is 0 Å². The van der Waals surface area contributed by atoms with E-state index in [0.29, 0.717) is 10.7 Å². The van der Waals surface area contributed by atoms with Crippen molar-refractivity contribution < 1.29 is 13.2 Å². The van der Waals surface area contributed by atoms with Crippen LogP contribution in [0.1, 0.15) is 16.1 Å². The quantitative estimate of drug-likeness (QED) is 0.667. The van der Waals surface area contributed by atoms with Gasteiger partial charge in [0.25, 0.3) is 5.91 Å². The zero-order valence-corrected chi connectivity index (χ0v) is 16.9. The van der Waals surface area contributed by atoms with E-state index >= 15 is 0 Å². The van der Waals surface area contributed by atoms with Crippen LogP contribution >= 0.6 is 11.6 Å². The minimum atomic E-state index is -3.47. The number of carbonyl (C=O) groups is 1. The number of carbonyl (C=O) groups excluding carboxylic acids is 1. The van der Waals surface area contributed by atoms with Crippen molar-refractivity contribution in [2.24, 2.45) is 0 Å². The summed E-state index contributed by atoms with van der Waals surface area (Å²) < 4.78 is 26.8. The van der Waals surface area contributed by atoms with Crippen molar-refractivity contribution in [2.75, 3.05) is 14.1 Å². The van der Waals surface area contributed by atoms with Gasteiger partial charge in [0.1, 0.15) is 0 Å². The summed E-state index contributed by atoms with van der Waals surface area (Å²) in [7, 11) is -0.518. The Labute approximate surface area is 168 Å². The van der Waals surface area contributed by atoms with Crippen LogP contribution in [0.4, 0.5) is 0 Å². The SMILES string of the molecule is CN(C)S(=O)(=O)c1ccc(CNC(=O)c2ccn(-c3ccccc3Cl)n2)cc1. The molecule has 1 heterocycles. The fourth-order valence-corrected chi connectivity index (χ4v) is 3.60. The monoisotopic (exact) mass is 418 g/mol. The van der Waals surface area contributed by atoms with Gasteiger partial charge < -0.3 is 5.32 Å². The molecule has 146 valence electrons. The molecule has 0 aliphatic heterocycles. The molecule has 1 aromatic heterocycles. The van der Waals surface area contributed by atoms with Gasteiger partial charge in [0, 0.05) is 26.8 Å². The second kappa shape index (κ2) is 8.14. The lowest BCUT2D eigenvalue weighted by Crippen LogP contribution is -2.24. The molecule has 0 unspecified atom stereocenters. The highest BCUT2D eigenvalue weighted by Crippen LogP contribution is 2.19. The van der Waals surface area contributed by atoms with Crippen LogP contribution < -0.4 is 5.32 Å². The first-order valence-corrected chi connectivity index (χ1v) is 10.2. The van der Waals surface area contributed by atoms with Crippen molar-refractivity contribution in [1.82, 2.24) is 19.4 Å². The van der Waals surface area contributed by atoms with E-state index in [1.807, 2.05) is 12.1 Å². The molecule has 3 rings (SSSR count). The average Bonchev–Trinajstić information content (AvgIpc) is 3.16. The molecule has 3 aromatic rings. The molecule has 0 spiro atoms. The number of para-hydroxylation sites is 1. The second-order valence-corrected chi connectivity index (χ2v) is 8.77. The summed E-state index contributed by atoms with van der Waals surface area (Å²) in [6.07, 6.45) is 1.66. The van der Waals surface area contributed by atoms with E-state index in [1.165, 1.54) is 30.9 Å². The first-order chi connectivity index (χ1) is 13.3. The van der Waals surface area contributed by atoms with Crippen LogP contribution in [0, 0.1) is 0 Å². The third-order valence-electron chi connectivity index (χ3n) is 4.08. The lowest BCUT2D eigenvalue weighted by atomic mass is 10.2. The van der Waals surface area contributed by atoms with Gasteiger partial charge in [0.15, 0.2) is 5.69 Å². The number of hydrogen-bond acceptors (Lipinski definition) is 4. The number of hydrogen-bond donors (Lipinski definition) is 1. The van der Waals surface area contributed by atoms with E-state index < -0.39 is 10.0 Å². The number of nitrogens with zero attached hydrogens (tertiary/aromatic N) is 3. The van der Waals surface area contributed by atoms with E-state index in [0.717, 1.165) is 9.87 Å². The van der Waals surface area contributed by atoms with Crippen molar-refractivity contribution in [3.63, 3.8) is 0 Å². The second-order valence-electron chi connectivity index (χ2n) is 6.21. The van der Waals surface area contributed by atoms with E-state index in [-0.39, 0.29) is 23.0 Å². The number of amides is 1. The minimum absolute atomic E-state index is 0.200. The Balaban J connectivity index is 1.66. The zero-order chi connectivity index (χ0) is 20.3. The smallest absolute Gasteiger partial charge is 0.272 e. The van der Waals surface area contributed by atoms with Gasteiger partial charge in [-0.25, -0.2) is 17.4 Å². The molecule has 0 fully saturated rings. The molecule has 28 heavy (non-hydrogen) atoms.